The Bertz CT molecular complexity index is 631. The van der Waals surface area contributed by atoms with Gasteiger partial charge in [0.05, 0.1) is 10.5 Å². The number of hydrogen-bond donors (Lipinski definition) is 2. The smallest absolute Gasteiger partial charge is 0.324 e. The molecule has 1 aromatic rings. The second kappa shape index (κ2) is 7.78. The molecule has 0 aromatic heterocycles. The summed E-state index contributed by atoms with van der Waals surface area (Å²) in [6.07, 6.45) is -4.09. The minimum absolute atomic E-state index is 0. The molecule has 0 unspecified atom stereocenters. The molecule has 0 amide bonds. The Morgan fingerprint density at radius 1 is 1.17 bits per heavy atom. The normalized spacial score (nSPS) is 12.8. The van der Waals surface area contributed by atoms with Gasteiger partial charge in [-0.1, -0.05) is 13.8 Å². The fraction of sp³-hybridized carbons (Fsp3) is 0.538. The maximum Gasteiger partial charge on any atom is 0.417 e. The van der Waals surface area contributed by atoms with Gasteiger partial charge in [-0.25, -0.2) is 17.5 Å². The zero-order chi connectivity index (χ0) is 17.2. The third-order valence-electron chi connectivity index (χ3n) is 3.56. The summed E-state index contributed by atoms with van der Waals surface area (Å²) >= 11 is 0. The van der Waals surface area contributed by atoms with E-state index in [1.165, 1.54) is 0 Å². The van der Waals surface area contributed by atoms with Crippen LogP contribution in [0, 0.1) is 5.82 Å². The second-order valence-corrected chi connectivity index (χ2v) is 6.77. The summed E-state index contributed by atoms with van der Waals surface area (Å²) in [5.74, 6) is -1.17. The molecule has 0 aliphatic heterocycles. The minimum atomic E-state index is -4.98. The maximum atomic E-state index is 13.0. The molecule has 0 radical (unpaired) electrons. The number of sulfonamides is 1. The van der Waals surface area contributed by atoms with E-state index in [0.717, 1.165) is 0 Å². The molecular weight excluding hydrogens is 360 g/mol. The van der Waals surface area contributed by atoms with E-state index in [1.54, 1.807) is 13.8 Å². The van der Waals surface area contributed by atoms with Crippen LogP contribution < -0.4 is 10.5 Å². The first-order valence-corrected chi connectivity index (χ1v) is 8.09. The van der Waals surface area contributed by atoms with Crippen LogP contribution in [-0.4, -0.2) is 20.5 Å². The van der Waals surface area contributed by atoms with E-state index < -0.39 is 38.0 Å². The molecule has 0 saturated carbocycles. The lowest BCUT2D eigenvalue weighted by atomic mass is 9.95. The summed E-state index contributed by atoms with van der Waals surface area (Å²) in [7, 11) is -4.46. The summed E-state index contributed by atoms with van der Waals surface area (Å²) in [6, 6.07) is 1.42. The standard InChI is InChI=1S/C13H18F4N2O2S.ClH/c1-3-12(18,4-2)8-19-22(20,21)11-6-5-9(14)7-10(11)13(15,16)17;/h5-7,19H,3-4,8,18H2,1-2H3;1H. The molecule has 3 N–H and O–H groups in total. The van der Waals surface area contributed by atoms with E-state index in [1.807, 2.05) is 0 Å². The first-order valence-electron chi connectivity index (χ1n) is 6.60. The van der Waals surface area contributed by atoms with Crippen LogP contribution in [0.3, 0.4) is 0 Å². The molecule has 1 aromatic carbocycles. The van der Waals surface area contributed by atoms with E-state index in [2.05, 4.69) is 4.72 Å². The van der Waals surface area contributed by atoms with Gasteiger partial charge in [-0.15, -0.1) is 12.4 Å². The number of nitrogens with two attached hydrogens (primary N) is 1. The fourth-order valence-electron chi connectivity index (χ4n) is 1.77. The van der Waals surface area contributed by atoms with Gasteiger partial charge in [0.2, 0.25) is 10.0 Å². The zero-order valence-corrected chi connectivity index (χ0v) is 14.2. The lowest BCUT2D eigenvalue weighted by Crippen LogP contribution is -2.49. The third kappa shape index (κ3) is 5.59. The average Bonchev–Trinajstić information content (AvgIpc) is 2.43. The lowest BCUT2D eigenvalue weighted by Gasteiger charge is -2.27. The van der Waals surface area contributed by atoms with Gasteiger partial charge in [-0.2, -0.15) is 13.2 Å². The molecule has 0 atom stereocenters. The van der Waals surface area contributed by atoms with Gasteiger partial charge in [-0.05, 0) is 31.0 Å². The highest BCUT2D eigenvalue weighted by molar-refractivity contribution is 7.89. The molecule has 0 fully saturated rings. The van der Waals surface area contributed by atoms with Crippen LogP contribution >= 0.6 is 12.4 Å². The molecule has 4 nitrogen and oxygen atoms in total. The van der Waals surface area contributed by atoms with Crippen LogP contribution in [-0.2, 0) is 16.2 Å². The maximum absolute atomic E-state index is 13.0. The highest BCUT2D eigenvalue weighted by Gasteiger charge is 2.38. The van der Waals surface area contributed by atoms with E-state index in [-0.39, 0.29) is 25.0 Å². The highest BCUT2D eigenvalue weighted by Crippen LogP contribution is 2.34. The third-order valence-corrected chi connectivity index (χ3v) is 5.02. The van der Waals surface area contributed by atoms with Crippen molar-refractivity contribution >= 4 is 22.4 Å². The molecule has 23 heavy (non-hydrogen) atoms. The van der Waals surface area contributed by atoms with Gasteiger partial charge >= 0.3 is 6.18 Å². The van der Waals surface area contributed by atoms with Crippen LogP contribution in [0.25, 0.3) is 0 Å². The predicted octanol–water partition coefficient (Wildman–Crippen LogP) is 3.06. The Balaban J connectivity index is 0.00000484. The number of hydrogen-bond acceptors (Lipinski definition) is 3. The Hall–Kier alpha value is -0.900. The molecular formula is C13H19ClF4N2O2S. The lowest BCUT2D eigenvalue weighted by molar-refractivity contribution is -0.140. The molecule has 0 aliphatic rings. The second-order valence-electron chi connectivity index (χ2n) is 5.03. The Labute approximate surface area is 138 Å². The van der Waals surface area contributed by atoms with E-state index >= 15 is 0 Å². The molecule has 10 heteroatoms. The SMILES string of the molecule is CCC(N)(CC)CNS(=O)(=O)c1ccc(F)cc1C(F)(F)F.Cl. The molecule has 0 aliphatic carbocycles. The largest absolute Gasteiger partial charge is 0.417 e. The van der Waals surface area contributed by atoms with Crippen molar-refractivity contribution in [3.05, 3.63) is 29.6 Å². The topological polar surface area (TPSA) is 72.2 Å². The van der Waals surface area contributed by atoms with Gasteiger partial charge in [0.25, 0.3) is 0 Å². The molecule has 0 saturated heterocycles. The van der Waals surface area contributed by atoms with Crippen LogP contribution in [0.15, 0.2) is 23.1 Å². The van der Waals surface area contributed by atoms with Crippen molar-refractivity contribution < 1.29 is 26.0 Å². The number of benzene rings is 1. The van der Waals surface area contributed by atoms with Crippen LogP contribution in [0.5, 0.6) is 0 Å². The van der Waals surface area contributed by atoms with Crippen LogP contribution in [0.1, 0.15) is 32.3 Å². The van der Waals surface area contributed by atoms with Gasteiger partial charge in [0, 0.05) is 12.1 Å². The van der Waals surface area contributed by atoms with Gasteiger partial charge in [0.1, 0.15) is 5.82 Å². The zero-order valence-electron chi connectivity index (χ0n) is 12.6. The van der Waals surface area contributed by atoms with Crippen molar-refractivity contribution in [2.45, 2.75) is 43.3 Å². The molecule has 0 spiro atoms. The molecule has 0 heterocycles. The Morgan fingerprint density at radius 3 is 2.13 bits per heavy atom. The first kappa shape index (κ1) is 22.1. The Morgan fingerprint density at radius 2 is 1.70 bits per heavy atom. The van der Waals surface area contributed by atoms with E-state index in [0.29, 0.717) is 25.0 Å². The van der Waals surface area contributed by atoms with Crippen molar-refractivity contribution in [1.29, 1.82) is 0 Å². The van der Waals surface area contributed by atoms with Gasteiger partial charge in [-0.3, -0.25) is 0 Å². The molecule has 1 rings (SSSR count). The molecule has 0 bridgehead atoms. The van der Waals surface area contributed by atoms with E-state index in [9.17, 15) is 26.0 Å². The number of nitrogens with one attached hydrogen (secondary N) is 1. The first-order chi connectivity index (χ1) is 9.95. The summed E-state index contributed by atoms with van der Waals surface area (Å²) < 4.78 is 77.9. The van der Waals surface area contributed by atoms with Crippen LogP contribution in [0.2, 0.25) is 0 Å². The number of alkyl halides is 3. The average molecular weight is 379 g/mol. The minimum Gasteiger partial charge on any atom is -0.324 e. The Kier molecular flexibility index (Phi) is 7.48. The summed E-state index contributed by atoms with van der Waals surface area (Å²) in [5, 5.41) is 0. The number of rotatable bonds is 6. The van der Waals surface area contributed by atoms with Crippen molar-refractivity contribution in [1.82, 2.24) is 4.72 Å². The quantitative estimate of drug-likeness (QED) is 0.747. The monoisotopic (exact) mass is 378 g/mol. The van der Waals surface area contributed by atoms with Gasteiger partial charge < -0.3 is 5.73 Å². The van der Waals surface area contributed by atoms with Crippen molar-refractivity contribution in [2.24, 2.45) is 5.73 Å². The van der Waals surface area contributed by atoms with E-state index in [4.69, 9.17) is 5.73 Å². The van der Waals surface area contributed by atoms with Crippen molar-refractivity contribution in [3.8, 4) is 0 Å². The van der Waals surface area contributed by atoms with Crippen molar-refractivity contribution in [3.63, 3.8) is 0 Å². The summed E-state index contributed by atoms with van der Waals surface area (Å²) in [6.45, 7) is 3.28. The summed E-state index contributed by atoms with van der Waals surface area (Å²) in [5.41, 5.74) is 3.52. The fourth-order valence-corrected chi connectivity index (χ4v) is 3.12. The summed E-state index contributed by atoms with van der Waals surface area (Å²) in [4.78, 5) is -1.02. The van der Waals surface area contributed by atoms with Crippen molar-refractivity contribution in [2.75, 3.05) is 6.54 Å². The van der Waals surface area contributed by atoms with Crippen LogP contribution in [0.4, 0.5) is 17.6 Å². The number of halogens is 5. The van der Waals surface area contributed by atoms with Gasteiger partial charge in [0.15, 0.2) is 0 Å². The predicted molar refractivity (Wildman–Crippen MR) is 81.3 cm³/mol. The molecule has 134 valence electrons. The highest BCUT2D eigenvalue weighted by atomic mass is 35.5.